The third kappa shape index (κ3) is 26.3. The van der Waals surface area contributed by atoms with Crippen LogP contribution in [0.25, 0.3) is 0 Å². The maximum atomic E-state index is 12.9. The van der Waals surface area contributed by atoms with Gasteiger partial charge in [-0.2, -0.15) is 0 Å². The predicted octanol–water partition coefficient (Wildman–Crippen LogP) is 8.89. The second kappa shape index (κ2) is 35.8. The van der Waals surface area contributed by atoms with Crippen LogP contribution < -0.4 is 5.32 Å². The van der Waals surface area contributed by atoms with Crippen molar-refractivity contribution in [2.45, 2.75) is 230 Å². The van der Waals surface area contributed by atoms with Gasteiger partial charge in [-0.05, 0) is 44.9 Å². The summed E-state index contributed by atoms with van der Waals surface area (Å²) < 4.78 is 11.2. The van der Waals surface area contributed by atoms with Gasteiger partial charge in [0.25, 0.3) is 0 Å². The Morgan fingerprint density at radius 3 is 1.56 bits per heavy atom. The van der Waals surface area contributed by atoms with Gasteiger partial charge in [0.15, 0.2) is 6.29 Å². The van der Waals surface area contributed by atoms with Crippen molar-refractivity contribution in [3.05, 3.63) is 36.5 Å². The summed E-state index contributed by atoms with van der Waals surface area (Å²) in [5, 5.41) is 54.1. The van der Waals surface area contributed by atoms with Crippen LogP contribution in [0.1, 0.15) is 187 Å². The first-order valence-corrected chi connectivity index (χ1v) is 22.2. The summed E-state index contributed by atoms with van der Waals surface area (Å²) in [6, 6.07) is -0.823. The third-order valence-electron chi connectivity index (χ3n) is 10.4. The monoisotopic (exact) mass is 766 g/mol. The second-order valence-corrected chi connectivity index (χ2v) is 15.5. The summed E-state index contributed by atoms with van der Waals surface area (Å²) in [6.07, 6.45) is 36.1. The first-order chi connectivity index (χ1) is 26.3. The van der Waals surface area contributed by atoms with E-state index in [9.17, 15) is 30.3 Å². The molecule has 1 aliphatic rings. The molecule has 1 rings (SSSR count). The van der Waals surface area contributed by atoms with Gasteiger partial charge in [0.1, 0.15) is 24.4 Å². The number of hydrogen-bond acceptors (Lipinski definition) is 8. The van der Waals surface area contributed by atoms with E-state index >= 15 is 0 Å². The molecule has 0 radical (unpaired) electrons. The molecule has 7 unspecified atom stereocenters. The second-order valence-electron chi connectivity index (χ2n) is 15.5. The minimum atomic E-state index is -1.57. The van der Waals surface area contributed by atoms with Crippen molar-refractivity contribution in [2.24, 2.45) is 0 Å². The molecule has 0 aliphatic carbocycles. The Morgan fingerprint density at radius 2 is 1.06 bits per heavy atom. The summed E-state index contributed by atoms with van der Waals surface area (Å²) in [5.41, 5.74) is 0. The van der Waals surface area contributed by atoms with E-state index < -0.39 is 49.5 Å². The number of ether oxygens (including phenoxy) is 2. The fourth-order valence-electron chi connectivity index (χ4n) is 6.83. The zero-order valence-corrected chi connectivity index (χ0v) is 34.5. The Morgan fingerprint density at radius 1 is 0.611 bits per heavy atom. The van der Waals surface area contributed by atoms with E-state index in [4.69, 9.17) is 9.47 Å². The molecule has 6 N–H and O–H groups in total. The van der Waals surface area contributed by atoms with Crippen molar-refractivity contribution in [1.29, 1.82) is 0 Å². The van der Waals surface area contributed by atoms with Gasteiger partial charge >= 0.3 is 0 Å². The minimum absolute atomic E-state index is 0.191. The molecule has 9 heteroatoms. The van der Waals surface area contributed by atoms with Gasteiger partial charge in [-0.25, -0.2) is 0 Å². The lowest BCUT2D eigenvalue weighted by atomic mass is 9.99. The highest BCUT2D eigenvalue weighted by atomic mass is 16.7. The summed E-state index contributed by atoms with van der Waals surface area (Å²) in [6.45, 7) is 3.72. The highest BCUT2D eigenvalue weighted by Gasteiger charge is 2.44. The molecule has 1 fully saturated rings. The van der Waals surface area contributed by atoms with Gasteiger partial charge in [-0.3, -0.25) is 4.79 Å². The van der Waals surface area contributed by atoms with Crippen molar-refractivity contribution in [3.8, 4) is 0 Å². The van der Waals surface area contributed by atoms with Crippen molar-refractivity contribution in [3.63, 3.8) is 0 Å². The van der Waals surface area contributed by atoms with Gasteiger partial charge in [0, 0.05) is 6.42 Å². The van der Waals surface area contributed by atoms with Gasteiger partial charge in [0.05, 0.1) is 25.4 Å². The number of amides is 1. The summed E-state index contributed by atoms with van der Waals surface area (Å²) in [4.78, 5) is 12.9. The van der Waals surface area contributed by atoms with Crippen LogP contribution in [0.5, 0.6) is 0 Å². The number of hydrogen-bond donors (Lipinski definition) is 6. The predicted molar refractivity (Wildman–Crippen MR) is 221 cm³/mol. The molecule has 1 saturated heterocycles. The van der Waals surface area contributed by atoms with Crippen LogP contribution >= 0.6 is 0 Å². The van der Waals surface area contributed by atoms with Crippen LogP contribution in [-0.2, 0) is 14.3 Å². The molecule has 0 spiro atoms. The van der Waals surface area contributed by atoms with Crippen molar-refractivity contribution in [2.75, 3.05) is 13.2 Å². The first-order valence-electron chi connectivity index (χ1n) is 22.2. The number of carbonyl (C=O) groups excluding carboxylic acids is 1. The maximum absolute atomic E-state index is 12.9. The zero-order chi connectivity index (χ0) is 39.5. The standard InChI is InChI=1S/C45H83NO8/c1-3-5-7-9-11-13-15-17-19-20-21-23-25-27-29-31-33-35-41(49)46-38(37-53-45-44(52)43(51)42(50)40(36-47)54-45)39(48)34-32-30-28-26-24-22-18-16-14-12-10-8-6-4-2/h14,16,24,26,32,34,38-40,42-45,47-48,50-52H,3-13,15,17-23,25,27-31,33,35-37H2,1-2H3,(H,46,49)/b16-14+,26-24+,34-32+. The molecule has 316 valence electrons. The number of rotatable bonds is 36. The molecule has 1 amide bonds. The normalized spacial score (nSPS) is 21.8. The Hall–Kier alpha value is -1.59. The molecule has 54 heavy (non-hydrogen) atoms. The average molecular weight is 766 g/mol. The van der Waals surface area contributed by atoms with Crippen LogP contribution in [0.2, 0.25) is 0 Å². The van der Waals surface area contributed by atoms with Crippen LogP contribution in [0, 0.1) is 0 Å². The summed E-state index contributed by atoms with van der Waals surface area (Å²) in [5.74, 6) is -0.191. The number of unbranched alkanes of at least 4 members (excludes halogenated alkanes) is 22. The number of carbonyl (C=O) groups is 1. The van der Waals surface area contributed by atoms with E-state index in [0.717, 1.165) is 51.4 Å². The third-order valence-corrected chi connectivity index (χ3v) is 10.4. The van der Waals surface area contributed by atoms with Gasteiger partial charge < -0.3 is 40.3 Å². The van der Waals surface area contributed by atoms with Crippen molar-refractivity contribution < 1.29 is 39.8 Å². The van der Waals surface area contributed by atoms with Gasteiger partial charge in [-0.15, -0.1) is 0 Å². The quantitative estimate of drug-likeness (QED) is 0.0274. The van der Waals surface area contributed by atoms with E-state index in [1.807, 2.05) is 6.08 Å². The SMILES string of the molecule is CCCCCC/C=C/CC/C=C/CC/C=C/C(O)C(COC1OC(CO)C(O)C(O)C1O)NC(=O)CCCCCCCCCCCCCCCCCCC. The van der Waals surface area contributed by atoms with E-state index in [0.29, 0.717) is 6.42 Å². The topological polar surface area (TPSA) is 149 Å². The van der Waals surface area contributed by atoms with Gasteiger partial charge in [-0.1, -0.05) is 172 Å². The van der Waals surface area contributed by atoms with Crippen LogP contribution in [0.3, 0.4) is 0 Å². The molecule has 0 aromatic rings. The lowest BCUT2D eigenvalue weighted by Crippen LogP contribution is -2.60. The lowest BCUT2D eigenvalue weighted by molar-refractivity contribution is -0.302. The number of allylic oxidation sites excluding steroid dienone is 5. The highest BCUT2D eigenvalue weighted by molar-refractivity contribution is 5.76. The number of aliphatic hydroxyl groups excluding tert-OH is 5. The molecule has 7 atom stereocenters. The van der Waals surface area contributed by atoms with Crippen molar-refractivity contribution in [1.82, 2.24) is 5.32 Å². The first kappa shape index (κ1) is 50.4. The van der Waals surface area contributed by atoms with E-state index in [2.05, 4.69) is 43.5 Å². The molecular weight excluding hydrogens is 682 g/mol. The van der Waals surface area contributed by atoms with E-state index in [-0.39, 0.29) is 12.5 Å². The summed E-state index contributed by atoms with van der Waals surface area (Å²) >= 11 is 0. The Kier molecular flexibility index (Phi) is 33.4. The molecule has 9 nitrogen and oxygen atoms in total. The number of nitrogens with one attached hydrogen (secondary N) is 1. The maximum Gasteiger partial charge on any atom is 0.220 e. The number of aliphatic hydroxyl groups is 5. The fourth-order valence-corrected chi connectivity index (χ4v) is 6.83. The van der Waals surface area contributed by atoms with Crippen LogP contribution in [0.4, 0.5) is 0 Å². The van der Waals surface area contributed by atoms with Crippen LogP contribution in [0.15, 0.2) is 36.5 Å². The Bertz CT molecular complexity index is 941. The van der Waals surface area contributed by atoms with Crippen molar-refractivity contribution >= 4 is 5.91 Å². The molecule has 1 aliphatic heterocycles. The zero-order valence-electron chi connectivity index (χ0n) is 34.5. The average Bonchev–Trinajstić information content (AvgIpc) is 3.17. The Balaban J connectivity index is 2.40. The molecule has 1 heterocycles. The molecular formula is C45H83NO8. The molecule has 0 saturated carbocycles. The largest absolute Gasteiger partial charge is 0.394 e. The molecule has 0 aromatic carbocycles. The highest BCUT2D eigenvalue weighted by Crippen LogP contribution is 2.22. The molecule has 0 bridgehead atoms. The lowest BCUT2D eigenvalue weighted by Gasteiger charge is -2.40. The smallest absolute Gasteiger partial charge is 0.220 e. The van der Waals surface area contributed by atoms with Gasteiger partial charge in [0.2, 0.25) is 5.91 Å². The Labute approximate surface area is 330 Å². The van der Waals surface area contributed by atoms with Crippen LogP contribution in [-0.4, -0.2) is 87.5 Å². The van der Waals surface area contributed by atoms with E-state index in [1.165, 1.54) is 116 Å². The van der Waals surface area contributed by atoms with E-state index in [1.54, 1.807) is 6.08 Å². The fraction of sp³-hybridized carbons (Fsp3) is 0.844. The summed E-state index contributed by atoms with van der Waals surface area (Å²) in [7, 11) is 0. The minimum Gasteiger partial charge on any atom is -0.394 e. The molecule has 0 aromatic heterocycles.